The lowest BCUT2D eigenvalue weighted by molar-refractivity contribution is -0.146. The van der Waals surface area contributed by atoms with Crippen molar-refractivity contribution in [2.45, 2.75) is 31.1 Å². The summed E-state index contributed by atoms with van der Waals surface area (Å²) in [4.78, 5) is 24.1. The molecular weight excluding hydrogens is 394 g/mol. The number of amides is 1. The van der Waals surface area contributed by atoms with Crippen molar-refractivity contribution >= 4 is 21.9 Å². The molecule has 1 heterocycles. The standard InChI is InChI=1S/C21H23NO6S/c1-21(2,3)15-8-10-16(11-9-15)28-14-19(23)27-13-12-22-20(24)17-6-4-5-7-18(17)29(22,25)26/h4-11H,12-14H2,1-3H3. The van der Waals surface area contributed by atoms with Crippen LogP contribution in [0.1, 0.15) is 36.7 Å². The van der Waals surface area contributed by atoms with Crippen LogP contribution in [-0.2, 0) is 25.0 Å². The maximum Gasteiger partial charge on any atom is 0.344 e. The van der Waals surface area contributed by atoms with E-state index in [9.17, 15) is 18.0 Å². The average molecular weight is 417 g/mol. The van der Waals surface area contributed by atoms with Crippen LogP contribution in [0.25, 0.3) is 0 Å². The van der Waals surface area contributed by atoms with Crippen molar-refractivity contribution in [1.29, 1.82) is 0 Å². The lowest BCUT2D eigenvalue weighted by Gasteiger charge is -2.19. The molecule has 0 bridgehead atoms. The van der Waals surface area contributed by atoms with E-state index in [-0.39, 0.29) is 35.6 Å². The van der Waals surface area contributed by atoms with Crippen molar-refractivity contribution < 1.29 is 27.5 Å². The summed E-state index contributed by atoms with van der Waals surface area (Å²) in [6.07, 6.45) is 0. The van der Waals surface area contributed by atoms with Crippen molar-refractivity contribution in [2.75, 3.05) is 19.8 Å². The Morgan fingerprint density at radius 3 is 2.31 bits per heavy atom. The molecule has 3 rings (SSSR count). The van der Waals surface area contributed by atoms with E-state index in [0.29, 0.717) is 5.75 Å². The van der Waals surface area contributed by atoms with Gasteiger partial charge in [-0.1, -0.05) is 45.0 Å². The Hall–Kier alpha value is -2.87. The topological polar surface area (TPSA) is 90.0 Å². The Morgan fingerprint density at radius 2 is 1.69 bits per heavy atom. The van der Waals surface area contributed by atoms with Gasteiger partial charge in [0, 0.05) is 0 Å². The number of ether oxygens (including phenoxy) is 2. The second-order valence-electron chi connectivity index (χ2n) is 7.66. The maximum absolute atomic E-state index is 12.4. The van der Waals surface area contributed by atoms with Gasteiger partial charge in [-0.3, -0.25) is 4.79 Å². The molecule has 0 fully saturated rings. The lowest BCUT2D eigenvalue weighted by atomic mass is 9.87. The van der Waals surface area contributed by atoms with Crippen LogP contribution < -0.4 is 4.74 Å². The van der Waals surface area contributed by atoms with Crippen LogP contribution >= 0.6 is 0 Å². The van der Waals surface area contributed by atoms with E-state index in [0.717, 1.165) is 9.87 Å². The highest BCUT2D eigenvalue weighted by atomic mass is 32.2. The molecule has 0 saturated carbocycles. The normalized spacial score (nSPS) is 15.1. The second-order valence-corrected chi connectivity index (χ2v) is 9.49. The number of hydrogen-bond donors (Lipinski definition) is 0. The van der Waals surface area contributed by atoms with Gasteiger partial charge in [-0.2, -0.15) is 0 Å². The summed E-state index contributed by atoms with van der Waals surface area (Å²) in [6.45, 7) is 5.50. The molecule has 29 heavy (non-hydrogen) atoms. The van der Waals surface area contributed by atoms with E-state index >= 15 is 0 Å². The number of benzene rings is 2. The van der Waals surface area contributed by atoms with Gasteiger partial charge in [0.1, 0.15) is 17.3 Å². The summed E-state index contributed by atoms with van der Waals surface area (Å²) in [5, 5.41) is 0. The first-order valence-electron chi connectivity index (χ1n) is 9.16. The zero-order chi connectivity index (χ0) is 21.2. The van der Waals surface area contributed by atoms with Gasteiger partial charge in [0.05, 0.1) is 12.1 Å². The Kier molecular flexibility index (Phi) is 5.66. The number of hydrogen-bond acceptors (Lipinski definition) is 6. The first-order chi connectivity index (χ1) is 13.6. The summed E-state index contributed by atoms with van der Waals surface area (Å²) < 4.78 is 36.0. The molecule has 2 aromatic rings. The van der Waals surface area contributed by atoms with Gasteiger partial charge in [0.25, 0.3) is 15.9 Å². The monoisotopic (exact) mass is 417 g/mol. The maximum atomic E-state index is 12.4. The number of sulfonamides is 1. The minimum Gasteiger partial charge on any atom is -0.482 e. The SMILES string of the molecule is CC(C)(C)c1ccc(OCC(=O)OCCN2C(=O)c3ccccc3S2(=O)=O)cc1. The van der Waals surface area contributed by atoms with Gasteiger partial charge in [-0.25, -0.2) is 17.5 Å². The molecule has 0 aliphatic carbocycles. The predicted octanol–water partition coefficient (Wildman–Crippen LogP) is 2.75. The number of esters is 1. The lowest BCUT2D eigenvalue weighted by Crippen LogP contribution is -2.34. The number of carbonyl (C=O) groups is 2. The molecule has 0 radical (unpaired) electrons. The zero-order valence-electron chi connectivity index (χ0n) is 16.5. The number of carbonyl (C=O) groups excluding carboxylic acids is 2. The fraction of sp³-hybridized carbons (Fsp3) is 0.333. The van der Waals surface area contributed by atoms with Gasteiger partial charge in [-0.05, 0) is 35.2 Å². The van der Waals surface area contributed by atoms with Gasteiger partial charge in [0.15, 0.2) is 6.61 Å². The van der Waals surface area contributed by atoms with Crippen LogP contribution in [0.4, 0.5) is 0 Å². The summed E-state index contributed by atoms with van der Waals surface area (Å²) in [5.41, 5.74) is 1.29. The summed E-state index contributed by atoms with van der Waals surface area (Å²) >= 11 is 0. The Balaban J connectivity index is 1.49. The number of nitrogens with zero attached hydrogens (tertiary/aromatic N) is 1. The predicted molar refractivity (Wildman–Crippen MR) is 106 cm³/mol. The Labute approximate surface area is 170 Å². The van der Waals surface area contributed by atoms with E-state index in [2.05, 4.69) is 20.8 Å². The van der Waals surface area contributed by atoms with Gasteiger partial charge in [0.2, 0.25) is 0 Å². The highest BCUT2D eigenvalue weighted by Gasteiger charge is 2.40. The fourth-order valence-corrected chi connectivity index (χ4v) is 4.48. The third-order valence-corrected chi connectivity index (χ3v) is 6.39. The molecule has 0 spiro atoms. The third kappa shape index (κ3) is 4.42. The third-order valence-electron chi connectivity index (χ3n) is 4.55. The minimum atomic E-state index is -3.90. The highest BCUT2D eigenvalue weighted by molar-refractivity contribution is 7.90. The van der Waals surface area contributed by atoms with E-state index in [1.807, 2.05) is 12.1 Å². The number of fused-ring (bicyclic) bond motifs is 1. The van der Waals surface area contributed by atoms with Crippen LogP contribution in [0, 0.1) is 0 Å². The van der Waals surface area contributed by atoms with Crippen LogP contribution in [0.5, 0.6) is 5.75 Å². The van der Waals surface area contributed by atoms with Crippen molar-refractivity contribution in [3.05, 3.63) is 59.7 Å². The largest absolute Gasteiger partial charge is 0.482 e. The second kappa shape index (κ2) is 7.87. The number of rotatable bonds is 6. The summed E-state index contributed by atoms with van der Waals surface area (Å²) in [5.74, 6) is -0.735. The van der Waals surface area contributed by atoms with Crippen molar-refractivity contribution in [3.8, 4) is 5.75 Å². The molecule has 2 aromatic carbocycles. The summed E-state index contributed by atoms with van der Waals surface area (Å²) in [6, 6.07) is 13.4. The van der Waals surface area contributed by atoms with Crippen LogP contribution in [0.3, 0.4) is 0 Å². The van der Waals surface area contributed by atoms with Crippen molar-refractivity contribution in [1.82, 2.24) is 4.31 Å². The van der Waals surface area contributed by atoms with E-state index in [1.165, 1.54) is 12.1 Å². The Morgan fingerprint density at radius 1 is 1.03 bits per heavy atom. The van der Waals surface area contributed by atoms with E-state index in [4.69, 9.17) is 9.47 Å². The zero-order valence-corrected chi connectivity index (χ0v) is 17.4. The quantitative estimate of drug-likeness (QED) is 0.672. The molecule has 8 heteroatoms. The van der Waals surface area contributed by atoms with Crippen LogP contribution in [0.15, 0.2) is 53.4 Å². The molecule has 1 amide bonds. The molecule has 0 saturated heterocycles. The van der Waals surface area contributed by atoms with Gasteiger partial charge in [-0.15, -0.1) is 0 Å². The van der Waals surface area contributed by atoms with E-state index in [1.54, 1.807) is 24.3 Å². The molecule has 0 N–H and O–H groups in total. The molecular formula is C21H23NO6S. The molecule has 154 valence electrons. The molecule has 0 unspecified atom stereocenters. The van der Waals surface area contributed by atoms with E-state index < -0.39 is 21.9 Å². The van der Waals surface area contributed by atoms with Crippen LogP contribution in [-0.4, -0.2) is 44.4 Å². The molecule has 0 aromatic heterocycles. The summed E-state index contributed by atoms with van der Waals surface area (Å²) in [7, 11) is -3.90. The minimum absolute atomic E-state index is 0.0183. The van der Waals surface area contributed by atoms with Crippen molar-refractivity contribution in [2.24, 2.45) is 0 Å². The Bertz CT molecular complexity index is 1020. The van der Waals surface area contributed by atoms with Gasteiger partial charge < -0.3 is 9.47 Å². The first kappa shape index (κ1) is 20.9. The van der Waals surface area contributed by atoms with Crippen LogP contribution in [0.2, 0.25) is 0 Å². The smallest absolute Gasteiger partial charge is 0.344 e. The molecule has 1 aliphatic heterocycles. The first-order valence-corrected chi connectivity index (χ1v) is 10.6. The highest BCUT2D eigenvalue weighted by Crippen LogP contribution is 2.29. The fourth-order valence-electron chi connectivity index (χ4n) is 2.93. The van der Waals surface area contributed by atoms with Gasteiger partial charge >= 0.3 is 5.97 Å². The van der Waals surface area contributed by atoms with Crippen molar-refractivity contribution in [3.63, 3.8) is 0 Å². The molecule has 0 atom stereocenters. The molecule has 7 nitrogen and oxygen atoms in total. The average Bonchev–Trinajstić information content (AvgIpc) is 2.87. The molecule has 1 aliphatic rings.